The van der Waals surface area contributed by atoms with Crippen LogP contribution in [0.25, 0.3) is 11.0 Å². The fourth-order valence-electron chi connectivity index (χ4n) is 3.04. The van der Waals surface area contributed by atoms with Crippen LogP contribution in [0, 0.1) is 20.8 Å². The highest BCUT2D eigenvalue weighted by Crippen LogP contribution is 2.34. The molecule has 1 aromatic heterocycles. The number of aryl methyl sites for hydroxylation is 3. The predicted molar refractivity (Wildman–Crippen MR) is 91.1 cm³/mol. The molecule has 0 saturated carbocycles. The summed E-state index contributed by atoms with van der Waals surface area (Å²) in [4.78, 5) is 12.2. The number of unbranched alkanes of at least 4 members (excludes halogenated alkanes) is 3. The van der Waals surface area contributed by atoms with Gasteiger partial charge in [0.25, 0.3) is 0 Å². The molecule has 3 nitrogen and oxygen atoms in total. The molecule has 0 atom stereocenters. The van der Waals surface area contributed by atoms with Crippen molar-refractivity contribution in [2.75, 3.05) is 7.11 Å². The lowest BCUT2D eigenvalue weighted by Crippen LogP contribution is -2.09. The SMILES string of the molecule is CCCCCCc1cc2c(C)c(OC)c(C)c(C)c2oc1=O. The first-order chi connectivity index (χ1) is 10.5. The van der Waals surface area contributed by atoms with Gasteiger partial charge in [-0.25, -0.2) is 4.79 Å². The number of ether oxygens (including phenoxy) is 1. The second-order valence-corrected chi connectivity index (χ2v) is 6.02. The molecule has 120 valence electrons. The molecule has 0 N–H and O–H groups in total. The van der Waals surface area contributed by atoms with Crippen LogP contribution < -0.4 is 10.4 Å². The van der Waals surface area contributed by atoms with Crippen molar-refractivity contribution in [3.8, 4) is 5.75 Å². The van der Waals surface area contributed by atoms with E-state index >= 15 is 0 Å². The highest BCUT2D eigenvalue weighted by molar-refractivity contribution is 5.87. The Balaban J connectivity index is 2.50. The van der Waals surface area contributed by atoms with E-state index in [1.165, 1.54) is 12.8 Å². The molecule has 0 amide bonds. The van der Waals surface area contributed by atoms with Crippen molar-refractivity contribution >= 4 is 11.0 Å². The molecule has 0 aliphatic carbocycles. The molecule has 1 aromatic carbocycles. The highest BCUT2D eigenvalue weighted by atomic mass is 16.5. The zero-order valence-corrected chi connectivity index (χ0v) is 14.3. The number of rotatable bonds is 6. The standard InChI is InChI=1S/C19H26O3/c1-6-7-8-9-10-15-11-16-14(4)17(21-5)12(2)13(3)18(16)22-19(15)20/h11H,6-10H2,1-5H3. The van der Waals surface area contributed by atoms with E-state index in [4.69, 9.17) is 9.15 Å². The molecular weight excluding hydrogens is 276 g/mol. The molecule has 0 aliphatic heterocycles. The van der Waals surface area contributed by atoms with Crippen molar-refractivity contribution in [2.45, 2.75) is 59.8 Å². The minimum atomic E-state index is -0.198. The molecule has 0 bridgehead atoms. The van der Waals surface area contributed by atoms with Gasteiger partial charge in [0.1, 0.15) is 11.3 Å². The third kappa shape index (κ3) is 3.03. The van der Waals surface area contributed by atoms with Crippen molar-refractivity contribution < 1.29 is 9.15 Å². The van der Waals surface area contributed by atoms with E-state index in [2.05, 4.69) is 6.92 Å². The second kappa shape index (κ2) is 6.99. The third-order valence-electron chi connectivity index (χ3n) is 4.51. The summed E-state index contributed by atoms with van der Waals surface area (Å²) in [7, 11) is 1.69. The molecular formula is C19H26O3. The Labute approximate surface area is 132 Å². The quantitative estimate of drug-likeness (QED) is 0.565. The molecule has 0 spiro atoms. The van der Waals surface area contributed by atoms with Gasteiger partial charge in [0.2, 0.25) is 0 Å². The molecule has 3 heteroatoms. The minimum Gasteiger partial charge on any atom is -0.496 e. The van der Waals surface area contributed by atoms with Crippen LogP contribution in [0.2, 0.25) is 0 Å². The van der Waals surface area contributed by atoms with Crippen LogP contribution in [-0.2, 0) is 6.42 Å². The molecule has 2 rings (SSSR count). The molecule has 22 heavy (non-hydrogen) atoms. The first-order valence-corrected chi connectivity index (χ1v) is 8.11. The summed E-state index contributed by atoms with van der Waals surface area (Å²) in [5.41, 5.74) is 4.32. The second-order valence-electron chi connectivity index (χ2n) is 6.02. The van der Waals surface area contributed by atoms with Gasteiger partial charge in [-0.3, -0.25) is 0 Å². The Morgan fingerprint density at radius 2 is 1.77 bits per heavy atom. The fraction of sp³-hybridized carbons (Fsp3) is 0.526. The number of hydrogen-bond acceptors (Lipinski definition) is 3. The lowest BCUT2D eigenvalue weighted by molar-refractivity contribution is 0.408. The lowest BCUT2D eigenvalue weighted by atomic mass is 9.98. The zero-order valence-electron chi connectivity index (χ0n) is 14.3. The minimum absolute atomic E-state index is 0.198. The Bertz CT molecular complexity index is 726. The predicted octanol–water partition coefficient (Wildman–Crippen LogP) is 4.85. The average molecular weight is 302 g/mol. The van der Waals surface area contributed by atoms with Crippen molar-refractivity contribution in [1.29, 1.82) is 0 Å². The first kappa shape index (κ1) is 16.6. The van der Waals surface area contributed by atoms with Gasteiger partial charge in [-0.1, -0.05) is 26.2 Å². The number of fused-ring (bicyclic) bond motifs is 1. The third-order valence-corrected chi connectivity index (χ3v) is 4.51. The molecule has 0 radical (unpaired) electrons. The molecule has 1 heterocycles. The van der Waals surface area contributed by atoms with Crippen LogP contribution in [0.5, 0.6) is 5.75 Å². The Kier molecular flexibility index (Phi) is 5.28. The van der Waals surface area contributed by atoms with Crippen molar-refractivity contribution in [1.82, 2.24) is 0 Å². The maximum absolute atomic E-state index is 12.2. The maximum atomic E-state index is 12.2. The molecule has 0 unspecified atom stereocenters. The summed E-state index contributed by atoms with van der Waals surface area (Å²) in [5.74, 6) is 0.885. The Hall–Kier alpha value is -1.77. The summed E-state index contributed by atoms with van der Waals surface area (Å²) in [6.07, 6.45) is 5.38. The topological polar surface area (TPSA) is 39.4 Å². The average Bonchev–Trinajstić information content (AvgIpc) is 2.51. The Morgan fingerprint density at radius 1 is 1.05 bits per heavy atom. The van der Waals surface area contributed by atoms with Crippen LogP contribution in [0.15, 0.2) is 15.3 Å². The lowest BCUT2D eigenvalue weighted by Gasteiger charge is -2.15. The van der Waals surface area contributed by atoms with E-state index in [-0.39, 0.29) is 5.63 Å². The van der Waals surface area contributed by atoms with Gasteiger partial charge in [0, 0.05) is 16.5 Å². The van der Waals surface area contributed by atoms with Gasteiger partial charge in [-0.15, -0.1) is 0 Å². The molecule has 0 fully saturated rings. The van der Waals surface area contributed by atoms with E-state index in [1.807, 2.05) is 26.8 Å². The van der Waals surface area contributed by atoms with Gasteiger partial charge in [0.15, 0.2) is 0 Å². The largest absolute Gasteiger partial charge is 0.496 e. The maximum Gasteiger partial charge on any atom is 0.339 e. The summed E-state index contributed by atoms with van der Waals surface area (Å²) < 4.78 is 11.2. The zero-order chi connectivity index (χ0) is 16.3. The Morgan fingerprint density at radius 3 is 2.41 bits per heavy atom. The van der Waals surface area contributed by atoms with Crippen molar-refractivity contribution in [3.05, 3.63) is 38.7 Å². The first-order valence-electron chi connectivity index (χ1n) is 8.11. The van der Waals surface area contributed by atoms with Crippen LogP contribution in [0.3, 0.4) is 0 Å². The van der Waals surface area contributed by atoms with Crippen molar-refractivity contribution in [2.24, 2.45) is 0 Å². The summed E-state index contributed by atoms with van der Waals surface area (Å²) in [6.45, 7) is 8.18. The van der Waals surface area contributed by atoms with E-state index in [0.29, 0.717) is 5.58 Å². The van der Waals surface area contributed by atoms with Gasteiger partial charge in [-0.2, -0.15) is 0 Å². The molecule has 0 saturated heterocycles. The summed E-state index contributed by atoms with van der Waals surface area (Å²) in [6, 6.07) is 2.00. The van der Waals surface area contributed by atoms with E-state index < -0.39 is 0 Å². The number of benzene rings is 1. The van der Waals surface area contributed by atoms with Gasteiger partial charge in [0.05, 0.1) is 7.11 Å². The summed E-state index contributed by atoms with van der Waals surface area (Å²) in [5, 5.41) is 0.991. The van der Waals surface area contributed by atoms with Crippen LogP contribution in [0.4, 0.5) is 0 Å². The van der Waals surface area contributed by atoms with Gasteiger partial charge in [-0.05, 0) is 50.8 Å². The van der Waals surface area contributed by atoms with Gasteiger partial charge < -0.3 is 9.15 Å². The van der Waals surface area contributed by atoms with Crippen molar-refractivity contribution in [3.63, 3.8) is 0 Å². The molecule has 2 aromatic rings. The van der Waals surface area contributed by atoms with E-state index in [9.17, 15) is 4.79 Å². The number of methoxy groups -OCH3 is 1. The van der Waals surface area contributed by atoms with Crippen LogP contribution >= 0.6 is 0 Å². The molecule has 0 aliphatic rings. The fourth-order valence-corrected chi connectivity index (χ4v) is 3.04. The van der Waals surface area contributed by atoms with Crippen LogP contribution in [-0.4, -0.2) is 7.11 Å². The monoisotopic (exact) mass is 302 g/mol. The number of hydrogen-bond donors (Lipinski definition) is 0. The van der Waals surface area contributed by atoms with E-state index in [0.717, 1.165) is 52.7 Å². The smallest absolute Gasteiger partial charge is 0.339 e. The summed E-state index contributed by atoms with van der Waals surface area (Å²) >= 11 is 0. The van der Waals surface area contributed by atoms with Crippen LogP contribution in [0.1, 0.15) is 54.9 Å². The highest BCUT2D eigenvalue weighted by Gasteiger charge is 2.16. The van der Waals surface area contributed by atoms with Gasteiger partial charge >= 0.3 is 5.63 Å². The normalized spacial score (nSPS) is 11.1. The van der Waals surface area contributed by atoms with E-state index in [1.54, 1.807) is 7.11 Å².